The van der Waals surface area contributed by atoms with E-state index in [2.05, 4.69) is 36.6 Å². The van der Waals surface area contributed by atoms with Gasteiger partial charge in [-0.15, -0.1) is 0 Å². The Morgan fingerprint density at radius 2 is 2.00 bits per heavy atom. The minimum absolute atomic E-state index is 0.0557. The topological polar surface area (TPSA) is 47.6 Å². The number of carbonyl (C=O) groups is 1. The van der Waals surface area contributed by atoms with E-state index in [-0.39, 0.29) is 6.61 Å². The molecule has 9 heteroatoms. The third kappa shape index (κ3) is 7.60. The zero-order chi connectivity index (χ0) is 17.2. The van der Waals surface area contributed by atoms with Gasteiger partial charge in [0.25, 0.3) is 0 Å². The summed E-state index contributed by atoms with van der Waals surface area (Å²) in [6, 6.07) is 4.33. The quantitative estimate of drug-likeness (QED) is 0.504. The van der Waals surface area contributed by atoms with Crippen molar-refractivity contribution < 1.29 is 27.2 Å². The Balaban J connectivity index is 0.000000640. The average molecular weight is 451 g/mol. The molecule has 0 bridgehead atoms. The standard InChI is InChI=1S/C10H8F3NO2.C2H6.CH4IOP/c11-10(12,13)7-3-1-2-6(4-7)8-5-16-9(15)14-8;1-2;1-3-4-2/h1-4,8H,5H2,(H,14,15);1-2H3;4H,1H3. The van der Waals surface area contributed by atoms with Crippen LogP contribution in [0.3, 0.4) is 0 Å². The van der Waals surface area contributed by atoms with Crippen LogP contribution in [0.25, 0.3) is 0 Å². The zero-order valence-electron chi connectivity index (χ0n) is 12.3. The van der Waals surface area contributed by atoms with Gasteiger partial charge in [-0.2, -0.15) is 13.2 Å². The van der Waals surface area contributed by atoms with Crippen LogP contribution in [-0.2, 0) is 15.4 Å². The van der Waals surface area contributed by atoms with E-state index in [4.69, 9.17) is 0 Å². The van der Waals surface area contributed by atoms with E-state index in [0.717, 1.165) is 12.1 Å². The molecule has 1 fully saturated rings. The molecule has 1 aromatic rings. The third-order valence-electron chi connectivity index (χ3n) is 2.37. The van der Waals surface area contributed by atoms with E-state index < -0.39 is 23.9 Å². The van der Waals surface area contributed by atoms with Gasteiger partial charge in [0.2, 0.25) is 0 Å². The van der Waals surface area contributed by atoms with Crippen LogP contribution in [0.4, 0.5) is 18.0 Å². The highest BCUT2D eigenvalue weighted by atomic mass is 127. The summed E-state index contributed by atoms with van der Waals surface area (Å²) in [6.45, 7) is 4.67. The van der Waals surface area contributed by atoms with Crippen LogP contribution in [0, 0.1) is 0 Å². The Morgan fingerprint density at radius 1 is 1.41 bits per heavy atom. The summed E-state index contributed by atoms with van der Waals surface area (Å²) in [5, 5.41) is 2.42. The summed E-state index contributed by atoms with van der Waals surface area (Å²) in [5.41, 5.74) is -0.341. The molecule has 0 aromatic heterocycles. The summed E-state index contributed by atoms with van der Waals surface area (Å²) in [5.74, 6) is 0. The van der Waals surface area contributed by atoms with Gasteiger partial charge in [0.1, 0.15) is 6.61 Å². The van der Waals surface area contributed by atoms with Crippen LogP contribution in [0.5, 0.6) is 0 Å². The number of cyclic esters (lactones) is 1. The number of alkyl carbamates (subject to hydrolysis) is 1. The number of rotatable bonds is 2. The Hall–Kier alpha value is -0.600. The summed E-state index contributed by atoms with van der Waals surface area (Å²) in [7, 11) is 1.69. The maximum Gasteiger partial charge on any atom is 0.416 e. The highest BCUT2D eigenvalue weighted by molar-refractivity contribution is 14.2. The van der Waals surface area contributed by atoms with Crippen LogP contribution in [-0.4, -0.2) is 19.8 Å². The molecule has 1 aromatic carbocycles. The van der Waals surface area contributed by atoms with E-state index in [0.29, 0.717) is 12.0 Å². The first-order valence-corrected chi connectivity index (χ1v) is 10.4. The zero-order valence-corrected chi connectivity index (χ0v) is 15.5. The third-order valence-corrected chi connectivity index (χ3v) is 3.84. The molecule has 1 saturated heterocycles. The fraction of sp³-hybridized carbons (Fsp3) is 0.462. The molecule has 22 heavy (non-hydrogen) atoms. The van der Waals surface area contributed by atoms with Crippen molar-refractivity contribution in [3.8, 4) is 0 Å². The van der Waals surface area contributed by atoms with Gasteiger partial charge in [-0.25, -0.2) is 4.79 Å². The van der Waals surface area contributed by atoms with E-state index in [1.165, 1.54) is 12.1 Å². The molecule has 2 unspecified atom stereocenters. The van der Waals surface area contributed by atoms with Gasteiger partial charge in [0.15, 0.2) is 0 Å². The number of halogens is 4. The second kappa shape index (κ2) is 11.0. The van der Waals surface area contributed by atoms with Gasteiger partial charge < -0.3 is 14.6 Å². The van der Waals surface area contributed by atoms with E-state index in [9.17, 15) is 18.0 Å². The lowest BCUT2D eigenvalue weighted by atomic mass is 10.0. The maximum atomic E-state index is 12.4. The molecular weight excluding hydrogens is 433 g/mol. The van der Waals surface area contributed by atoms with E-state index in [1.807, 2.05) is 13.8 Å². The predicted octanol–water partition coefficient (Wildman–Crippen LogP) is 5.09. The maximum absolute atomic E-state index is 12.4. The average Bonchev–Trinajstić information content (AvgIpc) is 2.95. The second-order valence-electron chi connectivity index (χ2n) is 3.70. The van der Waals surface area contributed by atoms with Crippen LogP contribution in [0.1, 0.15) is 31.0 Å². The highest BCUT2D eigenvalue weighted by Gasteiger charge is 2.32. The number of amides is 1. The monoisotopic (exact) mass is 451 g/mol. The van der Waals surface area contributed by atoms with Crippen LogP contribution in [0.15, 0.2) is 24.3 Å². The first-order valence-electron chi connectivity index (χ1n) is 6.37. The Bertz CT molecular complexity index is 458. The smallest absolute Gasteiger partial charge is 0.416 e. The van der Waals surface area contributed by atoms with E-state index in [1.54, 1.807) is 7.11 Å². The van der Waals surface area contributed by atoms with Crippen LogP contribution >= 0.6 is 28.5 Å². The van der Waals surface area contributed by atoms with Gasteiger partial charge in [-0.05, 0) is 39.7 Å². The molecule has 2 atom stereocenters. The molecular formula is C13H18F3INO3P. The Morgan fingerprint density at radius 3 is 2.41 bits per heavy atom. The van der Waals surface area contributed by atoms with Gasteiger partial charge in [0.05, 0.1) is 18.1 Å². The first kappa shape index (κ1) is 21.4. The number of ether oxygens (including phenoxy) is 1. The van der Waals surface area contributed by atoms with Crippen molar-refractivity contribution in [2.24, 2.45) is 0 Å². The Labute approximate surface area is 142 Å². The normalized spacial score (nSPS) is 17.0. The molecule has 2 rings (SSSR count). The summed E-state index contributed by atoms with van der Waals surface area (Å²) in [6.07, 6.45) is -4.98. The van der Waals surface area contributed by atoms with Crippen molar-refractivity contribution in [3.63, 3.8) is 0 Å². The molecule has 0 aliphatic carbocycles. The summed E-state index contributed by atoms with van der Waals surface area (Å²) in [4.78, 5) is 10.8. The summed E-state index contributed by atoms with van der Waals surface area (Å²) >= 11 is 2.16. The number of hydrogen-bond acceptors (Lipinski definition) is 3. The van der Waals surface area contributed by atoms with Crippen molar-refractivity contribution in [1.82, 2.24) is 5.32 Å². The second-order valence-corrected chi connectivity index (χ2v) is 5.58. The van der Waals surface area contributed by atoms with Crippen molar-refractivity contribution in [3.05, 3.63) is 35.4 Å². The van der Waals surface area contributed by atoms with Crippen molar-refractivity contribution in [2.75, 3.05) is 13.7 Å². The molecule has 0 saturated carbocycles. The predicted molar refractivity (Wildman–Crippen MR) is 89.4 cm³/mol. The molecule has 1 aliphatic heterocycles. The van der Waals surface area contributed by atoms with Crippen molar-refractivity contribution in [1.29, 1.82) is 0 Å². The number of alkyl halides is 3. The molecule has 0 spiro atoms. The highest BCUT2D eigenvalue weighted by Crippen LogP contribution is 2.31. The lowest BCUT2D eigenvalue weighted by molar-refractivity contribution is -0.137. The van der Waals surface area contributed by atoms with Gasteiger partial charge in [-0.1, -0.05) is 26.0 Å². The number of nitrogens with one attached hydrogen (secondary N) is 1. The minimum atomic E-state index is -4.38. The molecule has 1 aliphatic rings. The number of benzene rings is 1. The van der Waals surface area contributed by atoms with Crippen molar-refractivity contribution in [2.45, 2.75) is 26.1 Å². The van der Waals surface area contributed by atoms with Gasteiger partial charge in [-0.3, -0.25) is 0 Å². The minimum Gasteiger partial charge on any atom is -0.447 e. The van der Waals surface area contributed by atoms with E-state index >= 15 is 0 Å². The van der Waals surface area contributed by atoms with Crippen molar-refractivity contribution >= 4 is 34.6 Å². The van der Waals surface area contributed by atoms with Crippen LogP contribution < -0.4 is 5.32 Å². The number of carbonyl (C=O) groups excluding carboxylic acids is 1. The molecule has 1 N–H and O–H groups in total. The fourth-order valence-corrected chi connectivity index (χ4v) is 1.50. The SMILES string of the molecule is CC.COPI.O=C1NC(c2cccc(C(F)(F)F)c2)CO1. The number of hydrogen-bond donors (Lipinski definition) is 1. The molecule has 0 radical (unpaired) electrons. The van der Waals surface area contributed by atoms with Gasteiger partial charge in [0, 0.05) is 7.11 Å². The molecule has 4 nitrogen and oxygen atoms in total. The first-order chi connectivity index (χ1) is 10.4. The largest absolute Gasteiger partial charge is 0.447 e. The Kier molecular flexibility index (Phi) is 10.7. The fourth-order valence-electron chi connectivity index (χ4n) is 1.50. The molecule has 126 valence electrons. The summed E-state index contributed by atoms with van der Waals surface area (Å²) < 4.78 is 46.4. The lowest BCUT2D eigenvalue weighted by Gasteiger charge is -2.11. The van der Waals surface area contributed by atoms with Crippen LogP contribution in [0.2, 0.25) is 0 Å². The molecule has 1 heterocycles. The molecule has 1 amide bonds. The lowest BCUT2D eigenvalue weighted by Crippen LogP contribution is -2.18. The van der Waals surface area contributed by atoms with Gasteiger partial charge >= 0.3 is 12.3 Å².